The number of aryl methyl sites for hydroxylation is 1. The number of aromatic amines is 1. The smallest absolute Gasteiger partial charge is 0.182 e. The molecule has 0 aliphatic rings. The first-order valence-electron chi connectivity index (χ1n) is 5.73. The highest BCUT2D eigenvalue weighted by Crippen LogP contribution is 2.23. The second-order valence-electron chi connectivity index (χ2n) is 4.34. The van der Waals surface area contributed by atoms with Crippen molar-refractivity contribution >= 4 is 23.3 Å². The third-order valence-electron chi connectivity index (χ3n) is 3.06. The number of fused-ring (bicyclic) bond motifs is 1. The van der Waals surface area contributed by atoms with Gasteiger partial charge in [0.15, 0.2) is 4.77 Å². The number of aromatic nitrogens is 2. The summed E-state index contributed by atoms with van der Waals surface area (Å²) in [5, 5.41) is 0. The van der Waals surface area contributed by atoms with Gasteiger partial charge in [-0.15, -0.1) is 0 Å². The molecule has 0 fully saturated rings. The number of hydrogen-bond donors (Lipinski definition) is 1. The van der Waals surface area contributed by atoms with Crippen molar-refractivity contribution in [1.29, 1.82) is 0 Å². The highest BCUT2D eigenvalue weighted by molar-refractivity contribution is 7.71. The van der Waals surface area contributed by atoms with Crippen LogP contribution in [0.1, 0.15) is 5.56 Å². The van der Waals surface area contributed by atoms with E-state index in [1.165, 1.54) is 12.1 Å². The second kappa shape index (κ2) is 4.28. The molecule has 0 saturated heterocycles. The third-order valence-corrected chi connectivity index (χ3v) is 3.34. The van der Waals surface area contributed by atoms with Gasteiger partial charge in [0.1, 0.15) is 11.6 Å². The Labute approximate surface area is 113 Å². The molecule has 2 nitrogen and oxygen atoms in total. The summed E-state index contributed by atoms with van der Waals surface area (Å²) in [5.41, 5.74) is 2.06. The van der Waals surface area contributed by atoms with Gasteiger partial charge in [-0.05, 0) is 49.0 Å². The normalized spacial score (nSPS) is 11.1. The van der Waals surface area contributed by atoms with Gasteiger partial charge in [-0.1, -0.05) is 12.1 Å². The number of benzene rings is 2. The molecule has 0 aliphatic heterocycles. The van der Waals surface area contributed by atoms with E-state index in [2.05, 4.69) is 4.98 Å². The Hall–Kier alpha value is -2.01. The average molecular weight is 276 g/mol. The highest BCUT2D eigenvalue weighted by atomic mass is 32.1. The number of hydrogen-bond acceptors (Lipinski definition) is 1. The van der Waals surface area contributed by atoms with Gasteiger partial charge in [0.25, 0.3) is 0 Å². The van der Waals surface area contributed by atoms with Crippen LogP contribution in [-0.2, 0) is 0 Å². The summed E-state index contributed by atoms with van der Waals surface area (Å²) in [6.45, 7) is 1.66. The van der Waals surface area contributed by atoms with Crippen LogP contribution in [0.4, 0.5) is 8.78 Å². The SMILES string of the molecule is Cc1cc2c(cc1F)[nH]c(=S)n2-c1ccccc1F. The van der Waals surface area contributed by atoms with Gasteiger partial charge in [0, 0.05) is 0 Å². The first-order valence-corrected chi connectivity index (χ1v) is 6.14. The van der Waals surface area contributed by atoms with Crippen LogP contribution in [0.2, 0.25) is 0 Å². The van der Waals surface area contributed by atoms with Crippen molar-refractivity contribution in [2.24, 2.45) is 0 Å². The summed E-state index contributed by atoms with van der Waals surface area (Å²) in [7, 11) is 0. The summed E-state index contributed by atoms with van der Waals surface area (Å²) in [6.07, 6.45) is 0. The molecule has 0 bridgehead atoms. The Morgan fingerprint density at radius 1 is 1.11 bits per heavy atom. The van der Waals surface area contributed by atoms with Crippen LogP contribution in [0.5, 0.6) is 0 Å². The van der Waals surface area contributed by atoms with Gasteiger partial charge in [-0.3, -0.25) is 4.57 Å². The van der Waals surface area contributed by atoms with Gasteiger partial charge in [0.2, 0.25) is 0 Å². The molecular weight excluding hydrogens is 266 g/mol. The number of rotatable bonds is 1. The lowest BCUT2D eigenvalue weighted by Gasteiger charge is -2.06. The summed E-state index contributed by atoms with van der Waals surface area (Å²) < 4.78 is 29.3. The molecule has 0 saturated carbocycles. The summed E-state index contributed by atoms with van der Waals surface area (Å²) in [6, 6.07) is 9.38. The van der Waals surface area contributed by atoms with Crippen molar-refractivity contribution in [3.8, 4) is 5.69 Å². The minimum atomic E-state index is -0.374. The van der Waals surface area contributed by atoms with Gasteiger partial charge in [-0.25, -0.2) is 8.78 Å². The van der Waals surface area contributed by atoms with Crippen molar-refractivity contribution in [3.63, 3.8) is 0 Å². The number of imidazole rings is 1. The van der Waals surface area contributed by atoms with E-state index in [1.807, 2.05) is 0 Å². The van der Waals surface area contributed by atoms with Crippen LogP contribution in [0.3, 0.4) is 0 Å². The largest absolute Gasteiger partial charge is 0.330 e. The molecule has 1 N–H and O–H groups in total. The van der Waals surface area contributed by atoms with E-state index in [9.17, 15) is 8.78 Å². The average Bonchev–Trinajstić information content (AvgIpc) is 2.66. The van der Waals surface area contributed by atoms with Crippen LogP contribution in [0, 0.1) is 23.3 Å². The number of halogens is 2. The maximum atomic E-state index is 13.9. The van der Waals surface area contributed by atoms with E-state index in [1.54, 1.807) is 35.8 Å². The quantitative estimate of drug-likeness (QED) is 0.658. The number of nitrogens with one attached hydrogen (secondary N) is 1. The lowest BCUT2D eigenvalue weighted by Crippen LogP contribution is -1.97. The van der Waals surface area contributed by atoms with E-state index < -0.39 is 0 Å². The lowest BCUT2D eigenvalue weighted by atomic mass is 10.2. The Morgan fingerprint density at radius 3 is 2.58 bits per heavy atom. The highest BCUT2D eigenvalue weighted by Gasteiger charge is 2.12. The minimum Gasteiger partial charge on any atom is -0.330 e. The van der Waals surface area contributed by atoms with E-state index >= 15 is 0 Å². The van der Waals surface area contributed by atoms with Crippen LogP contribution in [0.15, 0.2) is 36.4 Å². The molecule has 19 heavy (non-hydrogen) atoms. The molecule has 0 atom stereocenters. The molecule has 96 valence electrons. The zero-order valence-corrected chi connectivity index (χ0v) is 10.9. The van der Waals surface area contributed by atoms with Crippen molar-refractivity contribution < 1.29 is 8.78 Å². The molecular formula is C14H10F2N2S. The molecule has 0 aliphatic carbocycles. The zero-order chi connectivity index (χ0) is 13.6. The third kappa shape index (κ3) is 1.86. The first kappa shape index (κ1) is 12.0. The predicted molar refractivity (Wildman–Crippen MR) is 73.1 cm³/mol. The van der Waals surface area contributed by atoms with Crippen molar-refractivity contribution in [3.05, 3.63) is 58.4 Å². The Kier molecular flexibility index (Phi) is 2.71. The van der Waals surface area contributed by atoms with Crippen LogP contribution < -0.4 is 0 Å². The van der Waals surface area contributed by atoms with Crippen molar-refractivity contribution in [2.45, 2.75) is 6.92 Å². The number of H-pyrrole nitrogens is 1. The minimum absolute atomic E-state index is 0.315. The first-order chi connectivity index (χ1) is 9.08. The number of para-hydroxylation sites is 1. The van der Waals surface area contributed by atoms with Crippen molar-refractivity contribution in [1.82, 2.24) is 9.55 Å². The topological polar surface area (TPSA) is 20.7 Å². The Balaban J connectivity index is 2.42. The van der Waals surface area contributed by atoms with Gasteiger partial charge < -0.3 is 4.98 Å². The predicted octanol–water partition coefficient (Wildman–Crippen LogP) is 4.27. The van der Waals surface area contributed by atoms with Gasteiger partial charge in [0.05, 0.1) is 16.7 Å². The standard InChI is InChI=1S/C14H10F2N2S/c1-8-6-13-11(7-10(8)16)17-14(19)18(13)12-5-3-2-4-9(12)15/h2-7H,1H3,(H,17,19). The molecule has 1 aromatic heterocycles. The Bertz CT molecular complexity index is 833. The molecule has 1 heterocycles. The maximum absolute atomic E-state index is 13.9. The summed E-state index contributed by atoms with van der Waals surface area (Å²) in [5.74, 6) is -0.689. The number of nitrogens with zero attached hydrogens (tertiary/aromatic N) is 1. The van der Waals surface area contributed by atoms with Crippen LogP contribution in [-0.4, -0.2) is 9.55 Å². The summed E-state index contributed by atoms with van der Waals surface area (Å²) in [4.78, 5) is 2.89. The maximum Gasteiger partial charge on any atom is 0.182 e. The lowest BCUT2D eigenvalue weighted by molar-refractivity contribution is 0.618. The zero-order valence-electron chi connectivity index (χ0n) is 10.1. The molecule has 0 radical (unpaired) electrons. The van der Waals surface area contributed by atoms with Crippen LogP contribution >= 0.6 is 12.2 Å². The molecule has 5 heteroatoms. The van der Waals surface area contributed by atoms with Gasteiger partial charge in [-0.2, -0.15) is 0 Å². The second-order valence-corrected chi connectivity index (χ2v) is 4.72. The monoisotopic (exact) mass is 276 g/mol. The molecule has 3 aromatic rings. The fraction of sp³-hybridized carbons (Fsp3) is 0.0714. The molecule has 2 aromatic carbocycles. The summed E-state index contributed by atoms with van der Waals surface area (Å²) >= 11 is 5.20. The van der Waals surface area contributed by atoms with Crippen molar-refractivity contribution in [2.75, 3.05) is 0 Å². The van der Waals surface area contributed by atoms with E-state index in [-0.39, 0.29) is 11.6 Å². The van der Waals surface area contributed by atoms with E-state index in [4.69, 9.17) is 12.2 Å². The fourth-order valence-electron chi connectivity index (χ4n) is 2.10. The molecule has 0 unspecified atom stereocenters. The molecule has 3 rings (SSSR count). The Morgan fingerprint density at radius 2 is 1.84 bits per heavy atom. The fourth-order valence-corrected chi connectivity index (χ4v) is 2.41. The van der Waals surface area contributed by atoms with E-state index in [0.29, 0.717) is 27.1 Å². The van der Waals surface area contributed by atoms with Crippen LogP contribution in [0.25, 0.3) is 16.7 Å². The van der Waals surface area contributed by atoms with Gasteiger partial charge >= 0.3 is 0 Å². The molecule has 0 amide bonds. The van der Waals surface area contributed by atoms with E-state index in [0.717, 1.165) is 0 Å². The molecule has 0 spiro atoms.